The van der Waals surface area contributed by atoms with Crippen molar-refractivity contribution in [2.24, 2.45) is 0 Å². The van der Waals surface area contributed by atoms with Gasteiger partial charge in [0.2, 0.25) is 0 Å². The van der Waals surface area contributed by atoms with Crippen LogP contribution in [0.15, 0.2) is 42.6 Å². The molecule has 6 nitrogen and oxygen atoms in total. The highest BCUT2D eigenvalue weighted by atomic mass is 31.2. The number of hydrogen-bond donors (Lipinski definition) is 1. The zero-order valence-electron chi connectivity index (χ0n) is 13.0. The van der Waals surface area contributed by atoms with E-state index >= 15 is 0 Å². The van der Waals surface area contributed by atoms with Crippen molar-refractivity contribution in [1.29, 1.82) is 0 Å². The molecule has 1 aromatic carbocycles. The molecule has 1 atom stereocenters. The number of pyridine rings is 1. The Morgan fingerprint density at radius 2 is 1.83 bits per heavy atom. The number of nitrogens with zero attached hydrogens (tertiary/aromatic N) is 1. The number of phosphoric ester groups is 1. The summed E-state index contributed by atoms with van der Waals surface area (Å²) in [5.74, 6) is 0. The van der Waals surface area contributed by atoms with Gasteiger partial charge in [0.05, 0.1) is 25.0 Å². The fourth-order valence-electron chi connectivity index (χ4n) is 1.90. The minimum atomic E-state index is -4.29. The van der Waals surface area contributed by atoms with Gasteiger partial charge in [-0.1, -0.05) is 30.3 Å². The summed E-state index contributed by atoms with van der Waals surface area (Å²) in [4.78, 5) is 15.8. The fraction of sp³-hybridized carbons (Fsp3) is 0.312. The summed E-state index contributed by atoms with van der Waals surface area (Å²) < 4.78 is 21.0. The molecule has 0 aliphatic heterocycles. The predicted molar refractivity (Wildman–Crippen MR) is 84.2 cm³/mol. The van der Waals surface area contributed by atoms with Crippen LogP contribution in [0, 0.1) is 0 Å². The van der Waals surface area contributed by atoms with E-state index in [1.165, 1.54) is 0 Å². The highest BCUT2D eigenvalue weighted by Crippen LogP contribution is 2.40. The molecule has 0 saturated heterocycles. The molecule has 0 spiro atoms. The van der Waals surface area contributed by atoms with E-state index in [0.717, 1.165) is 16.8 Å². The normalized spacial score (nSPS) is 14.0. The minimum absolute atomic E-state index is 0.00230. The molecule has 0 saturated carbocycles. The Morgan fingerprint density at radius 3 is 2.35 bits per heavy atom. The third kappa shape index (κ3) is 5.53. The van der Waals surface area contributed by atoms with Gasteiger partial charge in [-0.15, -0.1) is 0 Å². The van der Waals surface area contributed by atoms with Crippen molar-refractivity contribution in [2.45, 2.75) is 33.2 Å². The Hall–Kier alpha value is -1.56. The lowest BCUT2D eigenvalue weighted by molar-refractivity contribution is -0.229. The van der Waals surface area contributed by atoms with E-state index in [2.05, 4.69) is 4.98 Å². The molecule has 0 fully saturated rings. The van der Waals surface area contributed by atoms with Crippen LogP contribution in [0.5, 0.6) is 0 Å². The quantitative estimate of drug-likeness (QED) is 0.782. The number of aliphatic hydroxyl groups excluding tert-OH is 1. The molecule has 0 aliphatic rings. The second-order valence-electron chi connectivity index (χ2n) is 5.28. The standard InChI is InChI=1S/C16H20NO5P/c1-12(2)22-23(19,20)21-11-14-5-8-16(17-9-14)15-6-3-13(10-18)4-7-15/h3-9,12,18H,10-11H2,1-2H3,(H,19,20)/p-1. The SMILES string of the molecule is CC(C)OP(=O)([O-])OCc1ccc(-c2ccc(CO)cc2)nc1. The first-order valence-corrected chi connectivity index (χ1v) is 8.65. The monoisotopic (exact) mass is 336 g/mol. The first kappa shape index (κ1) is 17.8. The van der Waals surface area contributed by atoms with Crippen molar-refractivity contribution in [1.82, 2.24) is 4.98 Å². The van der Waals surface area contributed by atoms with Gasteiger partial charge in [0.25, 0.3) is 7.82 Å². The first-order valence-electron chi connectivity index (χ1n) is 7.19. The van der Waals surface area contributed by atoms with Crippen LogP contribution in [0.2, 0.25) is 0 Å². The second-order valence-corrected chi connectivity index (χ2v) is 6.64. The highest BCUT2D eigenvalue weighted by Gasteiger charge is 2.12. The number of rotatable bonds is 7. The number of aromatic nitrogens is 1. The van der Waals surface area contributed by atoms with Crippen molar-refractivity contribution in [3.05, 3.63) is 53.7 Å². The van der Waals surface area contributed by atoms with Crippen molar-refractivity contribution >= 4 is 7.82 Å². The smallest absolute Gasteiger partial charge is 0.268 e. The lowest BCUT2D eigenvalue weighted by Crippen LogP contribution is -2.12. The van der Waals surface area contributed by atoms with E-state index in [4.69, 9.17) is 14.2 Å². The topological polar surface area (TPSA) is 91.7 Å². The third-order valence-corrected chi connectivity index (χ3v) is 4.11. The Kier molecular flexibility index (Phi) is 6.04. The molecule has 0 bridgehead atoms. The van der Waals surface area contributed by atoms with Gasteiger partial charge in [-0.2, -0.15) is 0 Å². The lowest BCUT2D eigenvalue weighted by Gasteiger charge is -2.24. The Morgan fingerprint density at radius 1 is 1.17 bits per heavy atom. The second kappa shape index (κ2) is 7.81. The van der Waals surface area contributed by atoms with Gasteiger partial charge in [-0.3, -0.25) is 9.55 Å². The molecule has 2 rings (SSSR count). The maximum absolute atomic E-state index is 11.5. The van der Waals surface area contributed by atoms with Crippen molar-refractivity contribution in [3.8, 4) is 11.3 Å². The van der Waals surface area contributed by atoms with Crippen LogP contribution in [0.25, 0.3) is 11.3 Å². The van der Waals surface area contributed by atoms with Crippen molar-refractivity contribution in [2.75, 3.05) is 0 Å². The number of phosphoric acid groups is 1. The summed E-state index contributed by atoms with van der Waals surface area (Å²) in [7, 11) is -4.29. The number of hydrogen-bond acceptors (Lipinski definition) is 6. The van der Waals surface area contributed by atoms with Gasteiger partial charge >= 0.3 is 0 Å². The van der Waals surface area contributed by atoms with Gasteiger partial charge in [-0.05, 0) is 31.0 Å². The van der Waals surface area contributed by atoms with Gasteiger partial charge in [0, 0.05) is 11.8 Å². The zero-order chi connectivity index (χ0) is 16.9. The molecule has 7 heteroatoms. The summed E-state index contributed by atoms with van der Waals surface area (Å²) in [5.41, 5.74) is 3.12. The molecule has 1 N–H and O–H groups in total. The van der Waals surface area contributed by atoms with Crippen LogP contribution in [0.3, 0.4) is 0 Å². The maximum atomic E-state index is 11.5. The molecule has 1 heterocycles. The molecule has 1 aromatic heterocycles. The zero-order valence-corrected chi connectivity index (χ0v) is 13.9. The summed E-state index contributed by atoms with van der Waals surface area (Å²) in [5, 5.41) is 9.03. The average molecular weight is 336 g/mol. The molecule has 1 unspecified atom stereocenters. The Labute approximate surface area is 135 Å². The van der Waals surface area contributed by atoms with E-state index in [1.807, 2.05) is 24.3 Å². The van der Waals surface area contributed by atoms with Crippen LogP contribution in [-0.4, -0.2) is 16.2 Å². The van der Waals surface area contributed by atoms with Crippen LogP contribution < -0.4 is 4.89 Å². The van der Waals surface area contributed by atoms with Gasteiger partial charge in [0.15, 0.2) is 0 Å². The lowest BCUT2D eigenvalue weighted by atomic mass is 10.1. The van der Waals surface area contributed by atoms with Gasteiger partial charge in [0.1, 0.15) is 0 Å². The Balaban J connectivity index is 2.00. The number of aliphatic hydroxyl groups is 1. The molecular weight excluding hydrogens is 317 g/mol. The summed E-state index contributed by atoms with van der Waals surface area (Å²) >= 11 is 0. The fourth-order valence-corrected chi connectivity index (χ4v) is 2.79. The minimum Gasteiger partial charge on any atom is -0.756 e. The molecular formula is C16H19NO5P-. The summed E-state index contributed by atoms with van der Waals surface area (Å²) in [6, 6.07) is 10.9. The van der Waals surface area contributed by atoms with Crippen molar-refractivity contribution < 1.29 is 23.6 Å². The number of benzene rings is 1. The maximum Gasteiger partial charge on any atom is 0.268 e. The van der Waals surface area contributed by atoms with E-state index in [0.29, 0.717) is 5.56 Å². The average Bonchev–Trinajstić information content (AvgIpc) is 2.52. The summed E-state index contributed by atoms with van der Waals surface area (Å²) in [6.07, 6.45) is 1.10. The van der Waals surface area contributed by atoms with Crippen molar-refractivity contribution in [3.63, 3.8) is 0 Å². The van der Waals surface area contributed by atoms with Crippen LogP contribution in [-0.2, 0) is 26.8 Å². The Bertz CT molecular complexity index is 670. The van der Waals surface area contributed by atoms with E-state index in [9.17, 15) is 9.46 Å². The molecule has 124 valence electrons. The van der Waals surface area contributed by atoms with Crippen LogP contribution in [0.1, 0.15) is 25.0 Å². The highest BCUT2D eigenvalue weighted by molar-refractivity contribution is 7.45. The molecule has 0 aliphatic carbocycles. The van der Waals surface area contributed by atoms with E-state index in [-0.39, 0.29) is 13.2 Å². The molecule has 0 radical (unpaired) electrons. The predicted octanol–water partition coefficient (Wildman–Crippen LogP) is 2.65. The third-order valence-electron chi connectivity index (χ3n) is 2.99. The van der Waals surface area contributed by atoms with Gasteiger partial charge in [-0.25, -0.2) is 0 Å². The molecule has 0 amide bonds. The molecule has 23 heavy (non-hydrogen) atoms. The van der Waals surface area contributed by atoms with Crippen LogP contribution in [0.4, 0.5) is 0 Å². The van der Waals surface area contributed by atoms with Gasteiger partial charge < -0.3 is 19.0 Å². The van der Waals surface area contributed by atoms with E-state index in [1.54, 1.807) is 32.2 Å². The summed E-state index contributed by atoms with van der Waals surface area (Å²) in [6.45, 7) is 3.11. The van der Waals surface area contributed by atoms with Crippen LogP contribution >= 0.6 is 7.82 Å². The molecule has 2 aromatic rings. The first-order chi connectivity index (χ1) is 10.9. The van der Waals surface area contributed by atoms with E-state index < -0.39 is 13.9 Å². The largest absolute Gasteiger partial charge is 0.756 e.